The Morgan fingerprint density at radius 2 is 1.97 bits per heavy atom. The fraction of sp³-hybridized carbons (Fsp3) is 0.353. The summed E-state index contributed by atoms with van der Waals surface area (Å²) in [7, 11) is 0. The van der Waals surface area contributed by atoms with Crippen molar-refractivity contribution < 1.29 is 4.39 Å². The second-order valence-corrected chi connectivity index (χ2v) is 10.3. The minimum absolute atomic E-state index is 0.0933. The largest absolute Gasteiger partial charge is 0.367 e. The molecule has 0 radical (unpaired) electrons. The van der Waals surface area contributed by atoms with E-state index in [-0.39, 0.29) is 11.7 Å². The van der Waals surface area contributed by atoms with Crippen molar-refractivity contribution in [3.05, 3.63) is 95.3 Å². The minimum atomic E-state index is -0.100. The highest BCUT2D eigenvalue weighted by molar-refractivity contribution is 5.92. The summed E-state index contributed by atoms with van der Waals surface area (Å²) in [5, 5.41) is 14.1. The third-order valence-electron chi connectivity index (χ3n) is 7.49. The van der Waals surface area contributed by atoms with E-state index in [2.05, 4.69) is 59.6 Å². The first kappa shape index (κ1) is 28.1. The van der Waals surface area contributed by atoms with Gasteiger partial charge in [-0.05, 0) is 84.7 Å². The zero-order chi connectivity index (χ0) is 27.9. The summed E-state index contributed by atoms with van der Waals surface area (Å²) in [4.78, 5) is 4.27. The Morgan fingerprint density at radius 1 is 1.21 bits per heavy atom. The Hall–Kier alpha value is -3.91. The molecule has 202 valence electrons. The molecule has 1 N–H and O–H groups in total. The number of aromatic nitrogens is 2. The number of pyridine rings is 1. The summed E-state index contributed by atoms with van der Waals surface area (Å²) in [6, 6.07) is 12.4. The molecule has 1 aliphatic carbocycles. The van der Waals surface area contributed by atoms with Crippen molar-refractivity contribution in [2.24, 2.45) is 5.92 Å². The number of hydrogen-bond donors (Lipinski definition) is 1. The molecule has 2 aromatic heterocycles. The summed E-state index contributed by atoms with van der Waals surface area (Å²) in [6.45, 7) is 12.7. The first-order valence-electron chi connectivity index (χ1n) is 14.1. The first-order chi connectivity index (χ1) is 18.9. The first-order valence-corrected chi connectivity index (χ1v) is 14.1. The van der Waals surface area contributed by atoms with Gasteiger partial charge in [0.2, 0.25) is 0 Å². The SMILES string of the molecule is C=C/C=C(\C=C(\F)C(C)CC)CNC(=C1CC1)n1c(CCC)c(CC)c2cc(-c3ccc(C#N)nc3)ccc21. The fourth-order valence-electron chi connectivity index (χ4n) is 5.04. The number of nitriles is 1. The number of halogens is 1. The molecule has 0 bridgehead atoms. The van der Waals surface area contributed by atoms with E-state index in [1.165, 1.54) is 27.7 Å². The van der Waals surface area contributed by atoms with Crippen molar-refractivity contribution in [2.45, 2.75) is 66.2 Å². The predicted octanol–water partition coefficient (Wildman–Crippen LogP) is 8.65. The molecule has 1 saturated carbocycles. The zero-order valence-electron chi connectivity index (χ0n) is 23.6. The Kier molecular flexibility index (Phi) is 9.19. The van der Waals surface area contributed by atoms with Gasteiger partial charge in [0, 0.05) is 35.3 Å². The maximum Gasteiger partial charge on any atom is 0.140 e. The van der Waals surface area contributed by atoms with Gasteiger partial charge < -0.3 is 5.32 Å². The summed E-state index contributed by atoms with van der Waals surface area (Å²) < 4.78 is 17.2. The van der Waals surface area contributed by atoms with E-state index in [1.807, 2.05) is 26.0 Å². The van der Waals surface area contributed by atoms with Crippen LogP contribution >= 0.6 is 0 Å². The summed E-state index contributed by atoms with van der Waals surface area (Å²) in [5.41, 5.74) is 8.65. The molecule has 2 heterocycles. The number of nitrogens with zero attached hydrogens (tertiary/aromatic N) is 3. The molecule has 39 heavy (non-hydrogen) atoms. The number of allylic oxidation sites excluding steroid dienone is 4. The van der Waals surface area contributed by atoms with Crippen LogP contribution in [-0.4, -0.2) is 16.1 Å². The number of benzene rings is 1. The van der Waals surface area contributed by atoms with Crippen LogP contribution in [0.1, 0.15) is 70.3 Å². The van der Waals surface area contributed by atoms with Crippen LogP contribution in [0.25, 0.3) is 27.9 Å². The lowest BCUT2D eigenvalue weighted by Crippen LogP contribution is -2.21. The molecule has 0 spiro atoms. The van der Waals surface area contributed by atoms with Gasteiger partial charge in [0.25, 0.3) is 0 Å². The number of nitrogens with one attached hydrogen (secondary N) is 1. The summed E-state index contributed by atoms with van der Waals surface area (Å²) >= 11 is 0. The second kappa shape index (κ2) is 12.8. The molecule has 1 atom stereocenters. The zero-order valence-corrected chi connectivity index (χ0v) is 23.6. The van der Waals surface area contributed by atoms with Crippen LogP contribution in [0.4, 0.5) is 4.39 Å². The Morgan fingerprint density at radius 3 is 2.56 bits per heavy atom. The predicted molar refractivity (Wildman–Crippen MR) is 161 cm³/mol. The number of rotatable bonds is 12. The van der Waals surface area contributed by atoms with Gasteiger partial charge in [0.05, 0.1) is 5.52 Å². The summed E-state index contributed by atoms with van der Waals surface area (Å²) in [5.74, 6) is 0.934. The standard InChI is InChI=1S/C34H39FN4/c1-6-10-24(18-31(35)23(5)8-3)21-38-34(25-12-13-25)39-32(11-7-2)29(9-4)30-19-26(15-17-33(30)39)27-14-16-28(20-36)37-22-27/h6,10,14-19,22-23,38H,1,7-9,11-13,21H2,2-5H3/b24-10+,31-18+. The lowest BCUT2D eigenvalue weighted by molar-refractivity contribution is 0.481. The van der Waals surface area contributed by atoms with Crippen molar-refractivity contribution >= 4 is 16.7 Å². The molecule has 0 aliphatic heterocycles. The maximum atomic E-state index is 14.8. The molecule has 1 unspecified atom stereocenters. The van der Waals surface area contributed by atoms with Crippen LogP contribution in [0, 0.1) is 17.2 Å². The molecule has 1 aliphatic rings. The second-order valence-electron chi connectivity index (χ2n) is 10.3. The van der Waals surface area contributed by atoms with E-state index in [9.17, 15) is 4.39 Å². The van der Waals surface area contributed by atoms with Crippen LogP contribution < -0.4 is 5.32 Å². The van der Waals surface area contributed by atoms with Gasteiger partial charge in [-0.25, -0.2) is 9.37 Å². The van der Waals surface area contributed by atoms with Crippen LogP contribution in [0.2, 0.25) is 0 Å². The van der Waals surface area contributed by atoms with Crippen molar-refractivity contribution in [1.29, 1.82) is 5.26 Å². The highest BCUT2D eigenvalue weighted by Gasteiger charge is 2.25. The minimum Gasteiger partial charge on any atom is -0.367 e. The molecule has 4 nitrogen and oxygen atoms in total. The lowest BCUT2D eigenvalue weighted by Gasteiger charge is -2.18. The van der Waals surface area contributed by atoms with Crippen molar-refractivity contribution in [1.82, 2.24) is 14.9 Å². The normalized spacial score (nSPS) is 14.3. The van der Waals surface area contributed by atoms with E-state index >= 15 is 0 Å². The molecular weight excluding hydrogens is 483 g/mol. The van der Waals surface area contributed by atoms with Crippen LogP contribution in [0.5, 0.6) is 0 Å². The van der Waals surface area contributed by atoms with Crippen LogP contribution in [0.3, 0.4) is 0 Å². The third-order valence-corrected chi connectivity index (χ3v) is 7.49. The van der Waals surface area contributed by atoms with Gasteiger partial charge in [-0.2, -0.15) is 5.26 Å². The van der Waals surface area contributed by atoms with Gasteiger partial charge in [-0.15, -0.1) is 0 Å². The molecule has 3 aromatic rings. The third kappa shape index (κ3) is 6.23. The highest BCUT2D eigenvalue weighted by Crippen LogP contribution is 2.39. The smallest absolute Gasteiger partial charge is 0.140 e. The lowest BCUT2D eigenvalue weighted by atomic mass is 10.0. The molecule has 0 amide bonds. The van der Waals surface area contributed by atoms with Gasteiger partial charge in [-0.1, -0.05) is 58.9 Å². The van der Waals surface area contributed by atoms with E-state index in [1.54, 1.807) is 24.4 Å². The molecule has 5 heteroatoms. The topological polar surface area (TPSA) is 53.6 Å². The Bertz CT molecular complexity index is 1470. The van der Waals surface area contributed by atoms with Crippen molar-refractivity contribution in [3.8, 4) is 17.2 Å². The molecule has 1 aromatic carbocycles. The number of aryl methyl sites for hydroxylation is 1. The molecule has 0 saturated heterocycles. The quantitative estimate of drug-likeness (QED) is 0.242. The summed E-state index contributed by atoms with van der Waals surface area (Å²) in [6.07, 6.45) is 12.9. The van der Waals surface area contributed by atoms with Gasteiger partial charge in [0.15, 0.2) is 0 Å². The Labute approximate surface area is 232 Å². The van der Waals surface area contributed by atoms with Gasteiger partial charge >= 0.3 is 0 Å². The highest BCUT2D eigenvalue weighted by atomic mass is 19.1. The van der Waals surface area contributed by atoms with E-state index in [0.717, 1.165) is 61.0 Å². The van der Waals surface area contributed by atoms with Crippen LogP contribution in [0.15, 0.2) is 78.3 Å². The van der Waals surface area contributed by atoms with Crippen molar-refractivity contribution in [3.63, 3.8) is 0 Å². The van der Waals surface area contributed by atoms with Crippen molar-refractivity contribution in [2.75, 3.05) is 6.54 Å². The number of hydrogen-bond acceptors (Lipinski definition) is 3. The molecule has 1 fully saturated rings. The maximum absolute atomic E-state index is 14.8. The molecule has 4 rings (SSSR count). The average molecular weight is 523 g/mol. The van der Waals surface area contributed by atoms with E-state index in [0.29, 0.717) is 12.2 Å². The average Bonchev–Trinajstić information content (AvgIpc) is 3.76. The van der Waals surface area contributed by atoms with Crippen LogP contribution in [-0.2, 0) is 12.8 Å². The van der Waals surface area contributed by atoms with Gasteiger partial charge in [-0.3, -0.25) is 4.57 Å². The monoisotopic (exact) mass is 522 g/mol. The van der Waals surface area contributed by atoms with Gasteiger partial charge in [0.1, 0.15) is 23.4 Å². The van der Waals surface area contributed by atoms with E-state index in [4.69, 9.17) is 5.26 Å². The fourth-order valence-corrected chi connectivity index (χ4v) is 5.04. The number of fused-ring (bicyclic) bond motifs is 1. The van der Waals surface area contributed by atoms with E-state index < -0.39 is 0 Å². The molecular formula is C34H39FN4. The Balaban J connectivity index is 1.78.